The van der Waals surface area contributed by atoms with Crippen LogP contribution < -0.4 is 0 Å². The second kappa shape index (κ2) is 11.4. The largest absolute Gasteiger partial charge is 0.512 e. The molecule has 0 amide bonds. The summed E-state index contributed by atoms with van der Waals surface area (Å²) >= 11 is 1.64. The minimum absolute atomic E-state index is 0. The number of thiophene rings is 1. The molecule has 0 spiro atoms. The van der Waals surface area contributed by atoms with Gasteiger partial charge in [-0.1, -0.05) is 29.1 Å². The van der Waals surface area contributed by atoms with Crippen molar-refractivity contribution in [2.24, 2.45) is 0 Å². The number of benzene rings is 2. The quantitative estimate of drug-likeness (QED) is 0.114. The van der Waals surface area contributed by atoms with Crippen LogP contribution in [0.2, 0.25) is 0 Å². The molecule has 6 aromatic rings. The van der Waals surface area contributed by atoms with Crippen LogP contribution in [0.4, 0.5) is 4.39 Å². The number of fused-ring (bicyclic) bond motifs is 4. The van der Waals surface area contributed by atoms with Gasteiger partial charge in [-0.15, -0.1) is 29.5 Å². The number of rotatable bonds is 3. The number of ketones is 1. The van der Waals surface area contributed by atoms with Crippen LogP contribution in [0.25, 0.3) is 54.0 Å². The molecule has 2 aromatic carbocycles. The van der Waals surface area contributed by atoms with Crippen molar-refractivity contribution in [3.05, 3.63) is 96.1 Å². The van der Waals surface area contributed by atoms with Gasteiger partial charge < -0.3 is 9.52 Å². The summed E-state index contributed by atoms with van der Waals surface area (Å²) in [5.74, 6) is -0.299. The average Bonchev–Trinajstić information content (AvgIpc) is 3.44. The van der Waals surface area contributed by atoms with Gasteiger partial charge in [-0.25, -0.2) is 9.37 Å². The summed E-state index contributed by atoms with van der Waals surface area (Å²) in [5, 5.41) is 10.4. The molecule has 8 heteroatoms. The molecule has 5 nitrogen and oxygen atoms in total. The molecule has 0 unspecified atom stereocenters. The van der Waals surface area contributed by atoms with Crippen LogP contribution in [0.3, 0.4) is 0 Å². The van der Waals surface area contributed by atoms with Crippen LogP contribution in [0, 0.1) is 18.8 Å². The fraction of sp³-hybridized carbons (Fsp3) is 0.100. The van der Waals surface area contributed by atoms with Crippen LogP contribution in [-0.2, 0) is 24.9 Å². The molecule has 193 valence electrons. The third-order valence-corrected chi connectivity index (χ3v) is 6.75. The molecule has 0 aliphatic rings. The molecule has 4 aromatic heterocycles. The third-order valence-electron chi connectivity index (χ3n) is 5.61. The number of furan rings is 1. The van der Waals surface area contributed by atoms with Crippen molar-refractivity contribution in [1.82, 2.24) is 9.97 Å². The Labute approximate surface area is 236 Å². The number of nitrogens with zero attached hydrogens (tertiary/aromatic N) is 2. The van der Waals surface area contributed by atoms with Gasteiger partial charge in [0.2, 0.25) is 5.71 Å². The summed E-state index contributed by atoms with van der Waals surface area (Å²) < 4.78 is 20.4. The SMILES string of the molecule is CC(=O)/C=C(/C)O.Cc1ccc2c(n1)oc1c(-c3ccc4sc(-c5ccc(F)cc5)cc4n3)[c-]ccc12.[Ir]. The van der Waals surface area contributed by atoms with E-state index >= 15 is 0 Å². The molecule has 1 radical (unpaired) electrons. The first-order chi connectivity index (χ1) is 17.8. The van der Waals surface area contributed by atoms with Crippen LogP contribution in [0.1, 0.15) is 19.5 Å². The van der Waals surface area contributed by atoms with Crippen molar-refractivity contribution in [3.63, 3.8) is 0 Å². The number of allylic oxidation sites excluding steroid dienone is 2. The van der Waals surface area contributed by atoms with E-state index in [2.05, 4.69) is 17.1 Å². The normalized spacial score (nSPS) is 11.3. The predicted octanol–water partition coefficient (Wildman–Crippen LogP) is 8.21. The Hall–Kier alpha value is -3.71. The number of hydrogen-bond acceptors (Lipinski definition) is 6. The Balaban J connectivity index is 0.000000375. The van der Waals surface area contributed by atoms with E-state index in [1.165, 1.54) is 32.1 Å². The van der Waals surface area contributed by atoms with E-state index in [4.69, 9.17) is 14.5 Å². The first-order valence-electron chi connectivity index (χ1n) is 11.5. The van der Waals surface area contributed by atoms with Crippen LogP contribution in [-0.4, -0.2) is 20.9 Å². The van der Waals surface area contributed by atoms with Crippen LogP contribution in [0.15, 0.2) is 83.0 Å². The molecule has 6 rings (SSSR count). The second-order valence-corrected chi connectivity index (χ2v) is 9.68. The Morgan fingerprint density at radius 2 is 1.79 bits per heavy atom. The number of pyridine rings is 2. The smallest absolute Gasteiger partial charge is 0.216 e. The van der Waals surface area contributed by atoms with E-state index in [0.29, 0.717) is 5.71 Å². The first-order valence-corrected chi connectivity index (χ1v) is 12.4. The van der Waals surface area contributed by atoms with Crippen molar-refractivity contribution in [2.45, 2.75) is 20.8 Å². The number of carbonyl (C=O) groups is 1. The molecule has 0 aliphatic carbocycles. The number of hydrogen-bond donors (Lipinski definition) is 1. The van der Waals surface area contributed by atoms with Crippen molar-refractivity contribution in [2.75, 3.05) is 0 Å². The Morgan fingerprint density at radius 3 is 2.47 bits per heavy atom. The van der Waals surface area contributed by atoms with Crippen molar-refractivity contribution in [1.29, 1.82) is 0 Å². The van der Waals surface area contributed by atoms with Crippen LogP contribution >= 0.6 is 11.3 Å². The standard InChI is InChI=1S/C25H14FN2OS.C5H8O2.Ir/c1-14-5-10-18-17-3-2-4-19(24(17)29-25(18)27-14)20-11-12-22-21(28-20)13-23(30-22)15-6-8-16(26)9-7-15;1-4(6)3-5(2)7;/h2-3,5-13H,1H3;3,6H,1-2H3;/q-1;;/b;4-3-;. The van der Waals surface area contributed by atoms with Gasteiger partial charge in [-0.2, -0.15) is 0 Å². The molecule has 0 saturated carbocycles. The number of halogens is 1. The zero-order valence-corrected chi connectivity index (χ0v) is 23.9. The van der Waals surface area contributed by atoms with Gasteiger partial charge in [0.15, 0.2) is 5.78 Å². The van der Waals surface area contributed by atoms with E-state index in [-0.39, 0.29) is 37.5 Å². The zero-order valence-electron chi connectivity index (χ0n) is 20.7. The molecule has 1 N–H and O–H groups in total. The van der Waals surface area contributed by atoms with E-state index in [1.54, 1.807) is 23.5 Å². The Morgan fingerprint density at radius 1 is 1.03 bits per heavy atom. The zero-order chi connectivity index (χ0) is 26.1. The molecule has 4 heterocycles. The topological polar surface area (TPSA) is 76.2 Å². The maximum absolute atomic E-state index is 13.2. The summed E-state index contributed by atoms with van der Waals surface area (Å²) in [4.78, 5) is 20.5. The van der Waals surface area contributed by atoms with Crippen molar-refractivity contribution < 1.29 is 38.8 Å². The van der Waals surface area contributed by atoms with Gasteiger partial charge in [-0.3, -0.25) is 9.78 Å². The van der Waals surface area contributed by atoms with Crippen LogP contribution in [0.5, 0.6) is 0 Å². The van der Waals surface area contributed by atoms with Gasteiger partial charge >= 0.3 is 0 Å². The second-order valence-electron chi connectivity index (χ2n) is 8.60. The van der Waals surface area contributed by atoms with E-state index in [0.717, 1.165) is 54.0 Å². The maximum Gasteiger partial charge on any atom is 0.216 e. The summed E-state index contributed by atoms with van der Waals surface area (Å²) in [5.41, 5.74) is 5.78. The minimum atomic E-state index is -0.237. The number of aryl methyl sites for hydroxylation is 1. The number of aromatic nitrogens is 2. The molecule has 38 heavy (non-hydrogen) atoms. The Bertz CT molecular complexity index is 1800. The Kier molecular flexibility index (Phi) is 8.17. The van der Waals surface area contributed by atoms with Gasteiger partial charge in [-0.05, 0) is 68.4 Å². The monoisotopic (exact) mass is 702 g/mol. The summed E-state index contributed by atoms with van der Waals surface area (Å²) in [6.07, 6.45) is 1.17. The maximum atomic E-state index is 13.2. The van der Waals surface area contributed by atoms with E-state index in [9.17, 15) is 9.18 Å². The molecular weight excluding hydrogens is 680 g/mol. The summed E-state index contributed by atoms with van der Waals surface area (Å²) in [6, 6.07) is 23.8. The molecule has 0 bridgehead atoms. The number of aliphatic hydroxyl groups is 1. The van der Waals surface area contributed by atoms with Gasteiger partial charge in [0, 0.05) is 42.1 Å². The summed E-state index contributed by atoms with van der Waals surface area (Å²) in [7, 11) is 0. The van der Waals surface area contributed by atoms with E-state index in [1.807, 2.05) is 43.3 Å². The van der Waals surface area contributed by atoms with Gasteiger partial charge in [0.1, 0.15) is 5.82 Å². The van der Waals surface area contributed by atoms with Gasteiger partial charge in [0.25, 0.3) is 0 Å². The van der Waals surface area contributed by atoms with E-state index < -0.39 is 0 Å². The first kappa shape index (κ1) is 27.3. The molecule has 0 saturated heterocycles. The number of carbonyl (C=O) groups excluding carboxylic acids is 1. The van der Waals surface area contributed by atoms with Crippen molar-refractivity contribution in [3.8, 4) is 21.7 Å². The fourth-order valence-electron chi connectivity index (χ4n) is 4.02. The summed E-state index contributed by atoms with van der Waals surface area (Å²) in [6.45, 7) is 4.80. The minimum Gasteiger partial charge on any atom is -0.512 e. The average molecular weight is 702 g/mol. The molecule has 0 atom stereocenters. The fourth-order valence-corrected chi connectivity index (χ4v) is 5.03. The van der Waals surface area contributed by atoms with Crippen molar-refractivity contribution >= 4 is 49.4 Å². The number of aliphatic hydroxyl groups excluding tert-OH is 1. The molecule has 0 aliphatic heterocycles. The van der Waals surface area contributed by atoms with Gasteiger partial charge in [0.05, 0.1) is 21.6 Å². The molecular formula is C30H22FIrN2O3S-. The predicted molar refractivity (Wildman–Crippen MR) is 146 cm³/mol. The molecule has 0 fully saturated rings. The third kappa shape index (κ3) is 5.73.